The number of piperidine rings is 1. The van der Waals surface area contributed by atoms with Gasteiger partial charge in [-0.2, -0.15) is 0 Å². The van der Waals surface area contributed by atoms with Crippen LogP contribution in [0.2, 0.25) is 0 Å². The first-order chi connectivity index (χ1) is 12.1. The molecule has 3 N–H and O–H groups in total. The van der Waals surface area contributed by atoms with Crippen LogP contribution in [0.4, 0.5) is 5.82 Å². The van der Waals surface area contributed by atoms with Gasteiger partial charge in [0.15, 0.2) is 11.5 Å². The molecule has 0 unspecified atom stereocenters. The first kappa shape index (κ1) is 15.4. The van der Waals surface area contributed by atoms with E-state index in [-0.39, 0.29) is 29.2 Å². The second-order valence-electron chi connectivity index (χ2n) is 6.13. The van der Waals surface area contributed by atoms with E-state index in [0.717, 1.165) is 11.0 Å². The summed E-state index contributed by atoms with van der Waals surface area (Å²) in [5, 5.41) is 0. The molecule has 0 radical (unpaired) electrons. The number of imidazole rings is 1. The standard InChI is InChI=1S/C17H18N6O2/c18-15-14(19-7-8-20-15)16(24)22-9-5-11(6-10-22)23-13-4-2-1-3-12(13)21-17(23)25/h1-4,7-8,11H,5-6,9-10H2,(H2,18,20)(H,21,25). The Morgan fingerprint density at radius 3 is 2.64 bits per heavy atom. The minimum absolute atomic E-state index is 0.0619. The van der Waals surface area contributed by atoms with Crippen molar-refractivity contribution in [1.29, 1.82) is 0 Å². The molecule has 128 valence electrons. The quantitative estimate of drug-likeness (QED) is 0.729. The van der Waals surface area contributed by atoms with Gasteiger partial charge in [-0.3, -0.25) is 9.36 Å². The van der Waals surface area contributed by atoms with Crippen LogP contribution in [-0.4, -0.2) is 43.4 Å². The Bertz CT molecular complexity index is 984. The summed E-state index contributed by atoms with van der Waals surface area (Å²) in [5.74, 6) is -0.0715. The summed E-state index contributed by atoms with van der Waals surface area (Å²) in [5.41, 5.74) is 7.55. The predicted molar refractivity (Wildman–Crippen MR) is 93.2 cm³/mol. The van der Waals surface area contributed by atoms with Crippen LogP contribution < -0.4 is 11.4 Å². The molecule has 8 nitrogen and oxygen atoms in total. The fourth-order valence-corrected chi connectivity index (χ4v) is 3.43. The van der Waals surface area contributed by atoms with Gasteiger partial charge in [0.2, 0.25) is 0 Å². The van der Waals surface area contributed by atoms with Gasteiger partial charge < -0.3 is 15.6 Å². The molecule has 3 heterocycles. The third kappa shape index (κ3) is 2.65. The van der Waals surface area contributed by atoms with Crippen molar-refractivity contribution in [2.24, 2.45) is 0 Å². The lowest BCUT2D eigenvalue weighted by molar-refractivity contribution is 0.0690. The van der Waals surface area contributed by atoms with E-state index < -0.39 is 0 Å². The number of nitrogens with one attached hydrogen (secondary N) is 1. The van der Waals surface area contributed by atoms with Crippen LogP contribution in [-0.2, 0) is 0 Å². The van der Waals surface area contributed by atoms with Crippen LogP contribution in [0.5, 0.6) is 0 Å². The molecule has 1 aliphatic rings. The molecule has 0 bridgehead atoms. The van der Waals surface area contributed by atoms with E-state index in [4.69, 9.17) is 5.73 Å². The number of carbonyl (C=O) groups is 1. The Morgan fingerprint density at radius 1 is 1.16 bits per heavy atom. The number of aromatic nitrogens is 4. The molecule has 1 aliphatic heterocycles. The summed E-state index contributed by atoms with van der Waals surface area (Å²) in [6, 6.07) is 7.71. The van der Waals surface area contributed by atoms with Gasteiger partial charge in [-0.25, -0.2) is 14.8 Å². The zero-order chi connectivity index (χ0) is 17.4. The third-order valence-electron chi connectivity index (χ3n) is 4.67. The van der Waals surface area contributed by atoms with Gasteiger partial charge in [-0.05, 0) is 25.0 Å². The Labute approximate surface area is 143 Å². The number of benzene rings is 1. The number of amides is 1. The van der Waals surface area contributed by atoms with Crippen molar-refractivity contribution in [2.45, 2.75) is 18.9 Å². The molecule has 0 spiro atoms. The Balaban J connectivity index is 1.54. The number of hydrogen-bond acceptors (Lipinski definition) is 5. The van der Waals surface area contributed by atoms with Gasteiger partial charge in [0.1, 0.15) is 0 Å². The minimum atomic E-state index is -0.213. The van der Waals surface area contributed by atoms with Crippen molar-refractivity contribution in [3.8, 4) is 0 Å². The molecule has 4 rings (SSSR count). The average molecular weight is 338 g/mol. The molecule has 1 fully saturated rings. The normalized spacial score (nSPS) is 15.6. The van der Waals surface area contributed by atoms with Crippen molar-refractivity contribution in [3.63, 3.8) is 0 Å². The van der Waals surface area contributed by atoms with Crippen LogP contribution in [0.25, 0.3) is 11.0 Å². The predicted octanol–water partition coefficient (Wildman–Crippen LogP) is 1.18. The number of H-pyrrole nitrogens is 1. The smallest absolute Gasteiger partial charge is 0.326 e. The lowest BCUT2D eigenvalue weighted by Gasteiger charge is -2.32. The molecule has 1 aromatic carbocycles. The topological polar surface area (TPSA) is 110 Å². The highest BCUT2D eigenvalue weighted by Crippen LogP contribution is 2.25. The van der Waals surface area contributed by atoms with E-state index >= 15 is 0 Å². The van der Waals surface area contributed by atoms with Crippen LogP contribution >= 0.6 is 0 Å². The van der Waals surface area contributed by atoms with Crippen molar-refractivity contribution in [3.05, 3.63) is 52.8 Å². The number of para-hydroxylation sites is 2. The van der Waals surface area contributed by atoms with E-state index in [0.29, 0.717) is 25.9 Å². The van der Waals surface area contributed by atoms with Gasteiger partial charge in [0.05, 0.1) is 11.0 Å². The average Bonchev–Trinajstić information content (AvgIpc) is 2.97. The van der Waals surface area contributed by atoms with Crippen molar-refractivity contribution in [1.82, 2.24) is 24.4 Å². The molecule has 8 heteroatoms. The monoisotopic (exact) mass is 338 g/mol. The molecule has 1 amide bonds. The van der Waals surface area contributed by atoms with E-state index in [1.165, 1.54) is 12.4 Å². The zero-order valence-corrected chi connectivity index (χ0v) is 13.6. The number of nitrogen functional groups attached to an aromatic ring is 1. The summed E-state index contributed by atoms with van der Waals surface area (Å²) in [6.07, 6.45) is 4.32. The number of nitrogens with two attached hydrogens (primary N) is 1. The second-order valence-corrected chi connectivity index (χ2v) is 6.13. The maximum Gasteiger partial charge on any atom is 0.326 e. The minimum Gasteiger partial charge on any atom is -0.382 e. The lowest BCUT2D eigenvalue weighted by atomic mass is 10.0. The fraction of sp³-hybridized carbons (Fsp3) is 0.294. The molecule has 0 aliphatic carbocycles. The molecular formula is C17H18N6O2. The third-order valence-corrected chi connectivity index (χ3v) is 4.67. The molecule has 1 saturated heterocycles. The van der Waals surface area contributed by atoms with Gasteiger partial charge >= 0.3 is 5.69 Å². The van der Waals surface area contributed by atoms with Crippen molar-refractivity contribution < 1.29 is 4.79 Å². The SMILES string of the molecule is Nc1nccnc1C(=O)N1CCC(n2c(=O)[nH]c3ccccc32)CC1. The lowest BCUT2D eigenvalue weighted by Crippen LogP contribution is -2.41. The highest BCUT2D eigenvalue weighted by molar-refractivity contribution is 5.96. The highest BCUT2D eigenvalue weighted by Gasteiger charge is 2.28. The van der Waals surface area contributed by atoms with E-state index in [1.54, 1.807) is 9.47 Å². The van der Waals surface area contributed by atoms with E-state index in [9.17, 15) is 9.59 Å². The number of rotatable bonds is 2. The Hall–Kier alpha value is -3.16. The number of nitrogens with zero attached hydrogens (tertiary/aromatic N) is 4. The first-order valence-electron chi connectivity index (χ1n) is 8.20. The largest absolute Gasteiger partial charge is 0.382 e. The highest BCUT2D eigenvalue weighted by atomic mass is 16.2. The Morgan fingerprint density at radius 2 is 1.88 bits per heavy atom. The van der Waals surface area contributed by atoms with Crippen LogP contribution in [0.15, 0.2) is 41.5 Å². The number of fused-ring (bicyclic) bond motifs is 1. The molecular weight excluding hydrogens is 320 g/mol. The summed E-state index contributed by atoms with van der Waals surface area (Å²) < 4.78 is 1.80. The van der Waals surface area contributed by atoms with Crippen molar-refractivity contribution in [2.75, 3.05) is 18.8 Å². The van der Waals surface area contributed by atoms with Gasteiger partial charge in [-0.15, -0.1) is 0 Å². The number of anilines is 1. The van der Waals surface area contributed by atoms with Gasteiger partial charge in [-0.1, -0.05) is 12.1 Å². The molecule has 0 saturated carbocycles. The number of carbonyl (C=O) groups excluding carboxylic acids is 1. The number of likely N-dealkylation sites (tertiary alicyclic amines) is 1. The number of aromatic amines is 1. The van der Waals surface area contributed by atoms with Gasteiger partial charge in [0, 0.05) is 31.5 Å². The molecule has 0 atom stereocenters. The zero-order valence-electron chi connectivity index (χ0n) is 13.6. The molecule has 2 aromatic heterocycles. The van der Waals surface area contributed by atoms with Crippen LogP contribution in [0, 0.1) is 0 Å². The van der Waals surface area contributed by atoms with Crippen molar-refractivity contribution >= 4 is 22.8 Å². The Kier molecular flexibility index (Phi) is 3.72. The summed E-state index contributed by atoms with van der Waals surface area (Å²) in [7, 11) is 0. The van der Waals surface area contributed by atoms with E-state index in [2.05, 4.69) is 15.0 Å². The fourth-order valence-electron chi connectivity index (χ4n) is 3.43. The second kappa shape index (κ2) is 6.04. The maximum absolute atomic E-state index is 12.6. The molecule has 25 heavy (non-hydrogen) atoms. The maximum atomic E-state index is 12.6. The van der Waals surface area contributed by atoms with Gasteiger partial charge in [0.25, 0.3) is 5.91 Å². The summed E-state index contributed by atoms with van der Waals surface area (Å²) in [6.45, 7) is 1.09. The first-order valence-corrected chi connectivity index (χ1v) is 8.20. The van der Waals surface area contributed by atoms with E-state index in [1.807, 2.05) is 24.3 Å². The molecule has 3 aromatic rings. The van der Waals surface area contributed by atoms with Crippen LogP contribution in [0.3, 0.4) is 0 Å². The number of hydrogen-bond donors (Lipinski definition) is 2. The van der Waals surface area contributed by atoms with Crippen LogP contribution in [0.1, 0.15) is 29.4 Å². The summed E-state index contributed by atoms with van der Waals surface area (Å²) in [4.78, 5) is 37.4. The summed E-state index contributed by atoms with van der Waals surface area (Å²) >= 11 is 0.